The molecule has 5 heteroatoms. The van der Waals surface area contributed by atoms with Crippen LogP contribution in [0.4, 0.5) is 0 Å². The molecule has 1 aromatic rings. The fourth-order valence-corrected chi connectivity index (χ4v) is 2.77. The van der Waals surface area contributed by atoms with E-state index in [2.05, 4.69) is 5.32 Å². The average molecular weight is 231 g/mol. The van der Waals surface area contributed by atoms with Gasteiger partial charge in [-0.3, -0.25) is 4.79 Å². The molecular weight excluding hydrogens is 220 g/mol. The van der Waals surface area contributed by atoms with Gasteiger partial charge in [-0.05, 0) is 12.1 Å². The molecule has 3 atom stereocenters. The van der Waals surface area contributed by atoms with Gasteiger partial charge in [0.05, 0.1) is 16.3 Å². The molecule has 0 spiro atoms. The minimum Gasteiger partial charge on any atom is -0.347 e. The highest BCUT2D eigenvalue weighted by Gasteiger charge is 2.38. The number of halogens is 1. The van der Waals surface area contributed by atoms with E-state index in [4.69, 9.17) is 17.3 Å². The number of amides is 1. The molecule has 76 valence electrons. The van der Waals surface area contributed by atoms with Crippen LogP contribution in [0.15, 0.2) is 12.1 Å². The first-order chi connectivity index (χ1) is 6.59. The second kappa shape index (κ2) is 3.53. The van der Waals surface area contributed by atoms with E-state index in [1.807, 2.05) is 19.1 Å². The highest BCUT2D eigenvalue weighted by Crippen LogP contribution is 2.33. The van der Waals surface area contributed by atoms with Gasteiger partial charge in [-0.2, -0.15) is 0 Å². The first kappa shape index (κ1) is 9.96. The van der Waals surface area contributed by atoms with E-state index in [1.165, 1.54) is 11.3 Å². The highest BCUT2D eigenvalue weighted by atomic mass is 35.5. The molecule has 1 saturated heterocycles. The number of hydrogen-bond acceptors (Lipinski definition) is 3. The summed E-state index contributed by atoms with van der Waals surface area (Å²) in [6, 6.07) is 3.51. The third-order valence-corrected chi connectivity index (χ3v) is 3.89. The molecule has 1 aliphatic heterocycles. The van der Waals surface area contributed by atoms with Crippen LogP contribution >= 0.6 is 22.9 Å². The van der Waals surface area contributed by atoms with Crippen LogP contribution in [0.25, 0.3) is 0 Å². The Morgan fingerprint density at radius 1 is 1.57 bits per heavy atom. The quantitative estimate of drug-likeness (QED) is 0.769. The third-order valence-electron chi connectivity index (χ3n) is 2.57. The number of thiophene rings is 1. The molecule has 1 fully saturated rings. The standard InChI is InChI=1S/C9H11ClN2OS/c1-4-7(11)8(12-9(4)13)5-2-3-6(10)14-5/h2-4,7-8H,11H2,1H3,(H,12,13). The maximum absolute atomic E-state index is 11.4. The minimum atomic E-state index is -0.155. The Balaban J connectivity index is 2.25. The van der Waals surface area contributed by atoms with E-state index in [0.29, 0.717) is 0 Å². The first-order valence-electron chi connectivity index (χ1n) is 4.41. The van der Waals surface area contributed by atoms with Gasteiger partial charge in [-0.15, -0.1) is 11.3 Å². The zero-order valence-electron chi connectivity index (χ0n) is 7.66. The Kier molecular flexibility index (Phi) is 2.51. The van der Waals surface area contributed by atoms with Gasteiger partial charge >= 0.3 is 0 Å². The van der Waals surface area contributed by atoms with Crippen LogP contribution in [0.3, 0.4) is 0 Å². The number of carbonyl (C=O) groups excluding carboxylic acids is 1. The van der Waals surface area contributed by atoms with E-state index in [1.54, 1.807) is 0 Å². The van der Waals surface area contributed by atoms with Crippen molar-refractivity contribution in [3.8, 4) is 0 Å². The Bertz CT molecular complexity index is 365. The van der Waals surface area contributed by atoms with Crippen molar-refractivity contribution in [2.45, 2.75) is 19.0 Å². The van der Waals surface area contributed by atoms with Gasteiger partial charge in [0.2, 0.25) is 5.91 Å². The van der Waals surface area contributed by atoms with Crippen molar-refractivity contribution in [2.24, 2.45) is 11.7 Å². The summed E-state index contributed by atoms with van der Waals surface area (Å²) in [4.78, 5) is 12.4. The summed E-state index contributed by atoms with van der Waals surface area (Å²) in [6.45, 7) is 1.84. The Morgan fingerprint density at radius 2 is 2.29 bits per heavy atom. The van der Waals surface area contributed by atoms with Gasteiger partial charge in [0.1, 0.15) is 0 Å². The molecular formula is C9H11ClN2OS. The predicted molar refractivity (Wildman–Crippen MR) is 57.4 cm³/mol. The highest BCUT2D eigenvalue weighted by molar-refractivity contribution is 7.16. The molecule has 1 aromatic heterocycles. The molecule has 1 aliphatic rings. The lowest BCUT2D eigenvalue weighted by atomic mass is 10.0. The van der Waals surface area contributed by atoms with Crippen LogP contribution in [0.2, 0.25) is 4.34 Å². The van der Waals surface area contributed by atoms with Crippen LogP contribution in [0.1, 0.15) is 17.8 Å². The van der Waals surface area contributed by atoms with Crippen molar-refractivity contribution in [3.05, 3.63) is 21.3 Å². The number of rotatable bonds is 1. The normalized spacial score (nSPS) is 31.9. The third kappa shape index (κ3) is 1.54. The van der Waals surface area contributed by atoms with Crippen LogP contribution in [0.5, 0.6) is 0 Å². The molecule has 2 heterocycles. The molecule has 14 heavy (non-hydrogen) atoms. The lowest BCUT2D eigenvalue weighted by Gasteiger charge is -2.14. The van der Waals surface area contributed by atoms with Crippen molar-refractivity contribution >= 4 is 28.8 Å². The molecule has 0 saturated carbocycles. The van der Waals surface area contributed by atoms with Gasteiger partial charge in [0.25, 0.3) is 0 Å². The smallest absolute Gasteiger partial charge is 0.225 e. The van der Waals surface area contributed by atoms with Gasteiger partial charge in [-0.25, -0.2) is 0 Å². The summed E-state index contributed by atoms with van der Waals surface area (Å²) >= 11 is 7.29. The first-order valence-corrected chi connectivity index (χ1v) is 5.60. The fraction of sp³-hybridized carbons (Fsp3) is 0.444. The molecule has 3 nitrogen and oxygen atoms in total. The number of nitrogens with two attached hydrogens (primary N) is 1. The maximum atomic E-state index is 11.4. The topological polar surface area (TPSA) is 55.1 Å². The number of carbonyl (C=O) groups is 1. The molecule has 0 radical (unpaired) electrons. The zero-order chi connectivity index (χ0) is 10.3. The van der Waals surface area contributed by atoms with E-state index >= 15 is 0 Å². The Labute approximate surface area is 91.2 Å². The Morgan fingerprint density at radius 3 is 2.71 bits per heavy atom. The van der Waals surface area contributed by atoms with E-state index < -0.39 is 0 Å². The predicted octanol–water partition coefficient (Wildman–Crippen LogP) is 1.54. The summed E-state index contributed by atoms with van der Waals surface area (Å²) in [7, 11) is 0. The summed E-state index contributed by atoms with van der Waals surface area (Å²) in [5, 5.41) is 2.87. The minimum absolute atomic E-state index is 0.0204. The molecule has 2 rings (SSSR count). The lowest BCUT2D eigenvalue weighted by Crippen LogP contribution is -2.30. The van der Waals surface area contributed by atoms with Crippen molar-refractivity contribution in [2.75, 3.05) is 0 Å². The average Bonchev–Trinajstić information content (AvgIpc) is 2.66. The molecule has 3 unspecified atom stereocenters. The van der Waals surface area contributed by atoms with E-state index in [-0.39, 0.29) is 23.9 Å². The maximum Gasteiger partial charge on any atom is 0.225 e. The fourth-order valence-electron chi connectivity index (χ4n) is 1.60. The van der Waals surface area contributed by atoms with Crippen molar-refractivity contribution in [1.29, 1.82) is 0 Å². The van der Waals surface area contributed by atoms with Crippen molar-refractivity contribution < 1.29 is 4.79 Å². The SMILES string of the molecule is CC1C(=O)NC(c2ccc(Cl)s2)C1N. The molecule has 0 bridgehead atoms. The molecule has 0 aromatic carbocycles. The summed E-state index contributed by atoms with van der Waals surface area (Å²) in [5.74, 6) is -0.104. The molecule has 3 N–H and O–H groups in total. The van der Waals surface area contributed by atoms with Gasteiger partial charge in [-0.1, -0.05) is 18.5 Å². The summed E-state index contributed by atoms with van der Waals surface area (Å²) in [6.07, 6.45) is 0. The second-order valence-corrected chi connectivity index (χ2v) is 5.24. The van der Waals surface area contributed by atoms with Crippen LogP contribution in [-0.2, 0) is 4.79 Å². The van der Waals surface area contributed by atoms with Crippen LogP contribution in [-0.4, -0.2) is 11.9 Å². The molecule has 0 aliphatic carbocycles. The molecule has 1 amide bonds. The number of nitrogens with one attached hydrogen (secondary N) is 1. The van der Waals surface area contributed by atoms with Crippen LogP contribution in [0, 0.1) is 5.92 Å². The number of hydrogen-bond donors (Lipinski definition) is 2. The Hall–Kier alpha value is -0.580. The monoisotopic (exact) mass is 230 g/mol. The van der Waals surface area contributed by atoms with Crippen LogP contribution < -0.4 is 11.1 Å². The summed E-state index contributed by atoms with van der Waals surface area (Å²) < 4.78 is 0.723. The van der Waals surface area contributed by atoms with E-state index in [9.17, 15) is 4.79 Å². The van der Waals surface area contributed by atoms with Crippen molar-refractivity contribution in [3.63, 3.8) is 0 Å². The van der Waals surface area contributed by atoms with Gasteiger partial charge in [0.15, 0.2) is 0 Å². The van der Waals surface area contributed by atoms with Crippen molar-refractivity contribution in [1.82, 2.24) is 5.32 Å². The lowest BCUT2D eigenvalue weighted by molar-refractivity contribution is -0.122. The summed E-state index contributed by atoms with van der Waals surface area (Å²) in [5.41, 5.74) is 5.93. The zero-order valence-corrected chi connectivity index (χ0v) is 9.23. The van der Waals surface area contributed by atoms with E-state index in [0.717, 1.165) is 9.21 Å². The van der Waals surface area contributed by atoms with Gasteiger partial charge in [0, 0.05) is 10.9 Å². The second-order valence-electron chi connectivity index (χ2n) is 3.49. The largest absolute Gasteiger partial charge is 0.347 e. The van der Waals surface area contributed by atoms with Gasteiger partial charge < -0.3 is 11.1 Å².